The zero-order valence-electron chi connectivity index (χ0n) is 12.5. The third-order valence-corrected chi connectivity index (χ3v) is 4.43. The molecule has 0 radical (unpaired) electrons. The predicted octanol–water partition coefficient (Wildman–Crippen LogP) is 1.16. The van der Waals surface area contributed by atoms with Gasteiger partial charge in [-0.15, -0.1) is 0 Å². The van der Waals surface area contributed by atoms with Crippen molar-refractivity contribution >= 4 is 11.8 Å². The van der Waals surface area contributed by atoms with Gasteiger partial charge in [0.2, 0.25) is 18.2 Å². The molecule has 2 amide bonds. The third kappa shape index (κ3) is 2.75. The molecule has 2 aliphatic heterocycles. The van der Waals surface area contributed by atoms with Crippen LogP contribution in [0.15, 0.2) is 23.6 Å². The fraction of sp³-hybridized carbons (Fsp3) is 0.600. The van der Waals surface area contributed by atoms with Gasteiger partial charge in [0.05, 0.1) is 12.0 Å². The molecule has 118 valence electrons. The number of hydrogen-bond donors (Lipinski definition) is 0. The Balaban J connectivity index is 1.69. The van der Waals surface area contributed by atoms with Crippen LogP contribution in [0.3, 0.4) is 0 Å². The Hall–Kier alpha value is -2.18. The summed E-state index contributed by atoms with van der Waals surface area (Å²) in [5, 5.41) is 3.92. The molecular formula is C15H20N4O3. The number of hydrogen-bond acceptors (Lipinski definition) is 5. The minimum Gasteiger partial charge on any atom is -0.343 e. The summed E-state index contributed by atoms with van der Waals surface area (Å²) in [6.45, 7) is 5.12. The van der Waals surface area contributed by atoms with Crippen molar-refractivity contribution in [3.8, 4) is 0 Å². The molecule has 7 nitrogen and oxygen atoms in total. The van der Waals surface area contributed by atoms with E-state index in [1.54, 1.807) is 4.90 Å². The van der Waals surface area contributed by atoms with Crippen molar-refractivity contribution in [2.75, 3.05) is 19.6 Å². The monoisotopic (exact) mass is 304 g/mol. The topological polar surface area (TPSA) is 79.5 Å². The van der Waals surface area contributed by atoms with E-state index in [9.17, 15) is 9.59 Å². The van der Waals surface area contributed by atoms with E-state index in [0.29, 0.717) is 25.5 Å². The highest BCUT2D eigenvalue weighted by Crippen LogP contribution is 2.31. The average molecular weight is 304 g/mol. The molecule has 3 rings (SSSR count). The van der Waals surface area contributed by atoms with Crippen LogP contribution in [0.2, 0.25) is 0 Å². The number of amides is 2. The molecule has 3 heterocycles. The molecule has 0 saturated carbocycles. The minimum atomic E-state index is -0.128. The summed E-state index contributed by atoms with van der Waals surface area (Å²) in [5.41, 5.74) is 0. The van der Waals surface area contributed by atoms with Gasteiger partial charge in [-0.3, -0.25) is 9.59 Å². The summed E-state index contributed by atoms with van der Waals surface area (Å²) in [5.74, 6) is 0.421. The van der Waals surface area contributed by atoms with Crippen molar-refractivity contribution in [3.05, 3.63) is 24.9 Å². The Morgan fingerprint density at radius 1 is 1.32 bits per heavy atom. The Kier molecular flexibility index (Phi) is 4.22. The van der Waals surface area contributed by atoms with Gasteiger partial charge in [0.1, 0.15) is 0 Å². The van der Waals surface area contributed by atoms with E-state index >= 15 is 0 Å². The van der Waals surface area contributed by atoms with E-state index in [1.165, 1.54) is 12.5 Å². The Morgan fingerprint density at radius 2 is 2.14 bits per heavy atom. The van der Waals surface area contributed by atoms with Gasteiger partial charge >= 0.3 is 0 Å². The first-order valence-corrected chi connectivity index (χ1v) is 7.69. The number of rotatable bonds is 3. The lowest BCUT2D eigenvalue weighted by atomic mass is 9.97. The number of likely N-dealkylation sites (tertiary alicyclic amines) is 2. The number of carbonyl (C=O) groups excluding carboxylic acids is 2. The second kappa shape index (κ2) is 6.29. The quantitative estimate of drug-likeness (QED) is 0.783. The minimum absolute atomic E-state index is 0.0878. The van der Waals surface area contributed by atoms with Crippen LogP contribution in [0, 0.1) is 5.92 Å². The summed E-state index contributed by atoms with van der Waals surface area (Å²) in [6.07, 6.45) is 6.58. The Morgan fingerprint density at radius 3 is 2.82 bits per heavy atom. The molecule has 1 aromatic heterocycles. The molecule has 0 spiro atoms. The van der Waals surface area contributed by atoms with E-state index in [-0.39, 0.29) is 23.8 Å². The Bertz CT molecular complexity index is 551. The molecule has 0 N–H and O–H groups in total. The molecule has 1 unspecified atom stereocenters. The van der Waals surface area contributed by atoms with Crippen LogP contribution in [0.1, 0.15) is 37.5 Å². The first kappa shape index (κ1) is 14.7. The van der Waals surface area contributed by atoms with Crippen LogP contribution < -0.4 is 0 Å². The Labute approximate surface area is 129 Å². The summed E-state index contributed by atoms with van der Waals surface area (Å²) < 4.78 is 4.84. The molecule has 2 aliphatic rings. The van der Waals surface area contributed by atoms with Gasteiger partial charge < -0.3 is 14.3 Å². The summed E-state index contributed by atoms with van der Waals surface area (Å²) in [7, 11) is 0. The van der Waals surface area contributed by atoms with Gasteiger partial charge in [-0.25, -0.2) is 0 Å². The van der Waals surface area contributed by atoms with E-state index in [0.717, 1.165) is 25.7 Å². The van der Waals surface area contributed by atoms with Crippen LogP contribution in [0.5, 0.6) is 0 Å². The summed E-state index contributed by atoms with van der Waals surface area (Å²) in [4.78, 5) is 31.9. The summed E-state index contributed by atoms with van der Waals surface area (Å²) in [6, 6.07) is -0.113. The lowest BCUT2D eigenvalue weighted by Gasteiger charge is -2.41. The third-order valence-electron chi connectivity index (χ3n) is 4.43. The van der Waals surface area contributed by atoms with Gasteiger partial charge in [-0.05, 0) is 18.9 Å². The lowest BCUT2D eigenvalue weighted by Crippen LogP contribution is -2.56. The molecule has 7 heteroatoms. The normalized spacial score (nSPS) is 22.8. The fourth-order valence-corrected chi connectivity index (χ4v) is 3.14. The van der Waals surface area contributed by atoms with E-state index in [4.69, 9.17) is 4.52 Å². The number of nitrogens with zero attached hydrogens (tertiary/aromatic N) is 4. The van der Waals surface area contributed by atoms with E-state index < -0.39 is 0 Å². The van der Waals surface area contributed by atoms with Gasteiger partial charge in [0.25, 0.3) is 0 Å². The van der Waals surface area contributed by atoms with Crippen LogP contribution >= 0.6 is 0 Å². The maximum atomic E-state index is 12.8. The molecule has 22 heavy (non-hydrogen) atoms. The smallest absolute Gasteiger partial charge is 0.246 e. The van der Waals surface area contributed by atoms with Crippen LogP contribution in [0.25, 0.3) is 0 Å². The van der Waals surface area contributed by atoms with Crippen molar-refractivity contribution < 1.29 is 14.1 Å². The fourth-order valence-electron chi connectivity index (χ4n) is 3.14. The van der Waals surface area contributed by atoms with Crippen molar-refractivity contribution in [1.29, 1.82) is 0 Å². The maximum absolute atomic E-state index is 12.8. The molecule has 0 aromatic carbocycles. The summed E-state index contributed by atoms with van der Waals surface area (Å²) >= 11 is 0. The lowest BCUT2D eigenvalue weighted by molar-refractivity contribution is -0.148. The van der Waals surface area contributed by atoms with E-state index in [2.05, 4.69) is 16.7 Å². The molecule has 1 atom stereocenters. The zero-order valence-corrected chi connectivity index (χ0v) is 12.5. The van der Waals surface area contributed by atoms with Crippen LogP contribution in [0.4, 0.5) is 0 Å². The zero-order chi connectivity index (χ0) is 15.5. The molecule has 1 aromatic rings. The molecule has 0 bridgehead atoms. The molecular weight excluding hydrogens is 284 g/mol. The first-order valence-electron chi connectivity index (χ1n) is 7.69. The SMILES string of the molecule is C=CC(=O)N1CC(C(=O)N2CCCCCC2c2ncon2)C1. The average Bonchev–Trinajstić information content (AvgIpc) is 2.89. The van der Waals surface area contributed by atoms with Crippen molar-refractivity contribution in [1.82, 2.24) is 19.9 Å². The van der Waals surface area contributed by atoms with Gasteiger partial charge in [0, 0.05) is 19.6 Å². The van der Waals surface area contributed by atoms with Crippen molar-refractivity contribution in [2.24, 2.45) is 5.92 Å². The largest absolute Gasteiger partial charge is 0.343 e. The predicted molar refractivity (Wildman–Crippen MR) is 77.5 cm³/mol. The van der Waals surface area contributed by atoms with E-state index in [1.807, 2.05) is 4.90 Å². The van der Waals surface area contributed by atoms with Crippen molar-refractivity contribution in [2.45, 2.75) is 31.7 Å². The molecule has 2 fully saturated rings. The van der Waals surface area contributed by atoms with Gasteiger partial charge in [0.15, 0.2) is 5.82 Å². The standard InChI is InChI=1S/C15H20N4O3/c1-2-13(20)18-8-11(9-18)15(21)19-7-5-3-4-6-12(19)14-16-10-22-17-14/h2,10-12H,1,3-9H2. The highest BCUT2D eigenvalue weighted by atomic mass is 16.5. The molecule has 2 saturated heterocycles. The highest BCUT2D eigenvalue weighted by molar-refractivity contribution is 5.90. The number of carbonyl (C=O) groups is 2. The van der Waals surface area contributed by atoms with Gasteiger partial charge in [-0.1, -0.05) is 24.6 Å². The second-order valence-electron chi connectivity index (χ2n) is 5.83. The number of aromatic nitrogens is 2. The molecule has 0 aliphatic carbocycles. The van der Waals surface area contributed by atoms with Crippen LogP contribution in [-0.2, 0) is 9.59 Å². The highest BCUT2D eigenvalue weighted by Gasteiger charge is 2.40. The van der Waals surface area contributed by atoms with Gasteiger partial charge in [-0.2, -0.15) is 4.98 Å². The first-order chi connectivity index (χ1) is 10.7. The second-order valence-corrected chi connectivity index (χ2v) is 5.83. The maximum Gasteiger partial charge on any atom is 0.246 e. The van der Waals surface area contributed by atoms with Crippen LogP contribution in [-0.4, -0.2) is 51.4 Å². The van der Waals surface area contributed by atoms with Crippen molar-refractivity contribution in [3.63, 3.8) is 0 Å².